The van der Waals surface area contributed by atoms with Gasteiger partial charge in [-0.15, -0.1) is 5.10 Å². The van der Waals surface area contributed by atoms with Crippen molar-refractivity contribution in [2.24, 2.45) is 0 Å². The van der Waals surface area contributed by atoms with Crippen LogP contribution in [0.2, 0.25) is 0 Å². The van der Waals surface area contributed by atoms with E-state index in [1.807, 2.05) is 78.9 Å². The highest BCUT2D eigenvalue weighted by Crippen LogP contribution is 2.28. The lowest BCUT2D eigenvalue weighted by molar-refractivity contribution is 0.483. The maximum atomic E-state index is 5.87. The maximum absolute atomic E-state index is 5.87. The molecule has 150 valence electrons. The molecule has 1 N–H and O–H groups in total. The van der Waals surface area contributed by atoms with Gasteiger partial charge in [0.15, 0.2) is 5.82 Å². The number of hydrogen-bond acceptors (Lipinski definition) is 5. The monoisotopic (exact) mass is 404 g/mol. The maximum Gasteiger partial charge on any atom is 0.160 e. The Bertz CT molecular complexity index is 1290. The standard InChI is InChI=1S/C26H20N4O/c1-2-6-21(7-3-1)31-22-12-10-20(11-13-22)28-26-24-9-5-4-8-23(24)25(29-30-26)18-19-14-16-27-17-15-19/h1-17H,18H2,(H,28,30). The van der Waals surface area contributed by atoms with Gasteiger partial charge in [0.05, 0.1) is 5.69 Å². The number of nitrogens with zero attached hydrogens (tertiary/aromatic N) is 3. The highest BCUT2D eigenvalue weighted by molar-refractivity contribution is 5.94. The SMILES string of the molecule is c1ccc(Oc2ccc(Nc3nnc(Cc4ccncc4)c4ccccc34)cc2)cc1. The van der Waals surface area contributed by atoms with Gasteiger partial charge in [0.2, 0.25) is 0 Å². The van der Waals surface area contributed by atoms with E-state index in [0.717, 1.165) is 45.0 Å². The molecule has 31 heavy (non-hydrogen) atoms. The Labute approximate surface area is 180 Å². The molecule has 2 heterocycles. The predicted molar refractivity (Wildman–Crippen MR) is 123 cm³/mol. The van der Waals surface area contributed by atoms with Crippen LogP contribution in [0.15, 0.2) is 103 Å². The second-order valence-electron chi connectivity index (χ2n) is 7.14. The zero-order valence-corrected chi connectivity index (χ0v) is 16.8. The molecule has 5 nitrogen and oxygen atoms in total. The van der Waals surface area contributed by atoms with E-state index in [0.29, 0.717) is 6.42 Å². The lowest BCUT2D eigenvalue weighted by Gasteiger charge is -2.12. The van der Waals surface area contributed by atoms with E-state index < -0.39 is 0 Å². The third-order valence-corrected chi connectivity index (χ3v) is 4.98. The fraction of sp³-hybridized carbons (Fsp3) is 0.0385. The second-order valence-corrected chi connectivity index (χ2v) is 7.14. The van der Waals surface area contributed by atoms with Crippen LogP contribution in [-0.2, 0) is 6.42 Å². The Morgan fingerprint density at radius 1 is 0.645 bits per heavy atom. The van der Waals surface area contributed by atoms with E-state index in [-0.39, 0.29) is 0 Å². The summed E-state index contributed by atoms with van der Waals surface area (Å²) in [5.41, 5.74) is 3.02. The van der Waals surface area contributed by atoms with Crippen molar-refractivity contribution in [3.63, 3.8) is 0 Å². The van der Waals surface area contributed by atoms with Crippen LogP contribution in [0.5, 0.6) is 11.5 Å². The molecule has 0 radical (unpaired) electrons. The molecule has 0 aliphatic carbocycles. The van der Waals surface area contributed by atoms with Crippen molar-refractivity contribution in [1.82, 2.24) is 15.2 Å². The van der Waals surface area contributed by atoms with Gasteiger partial charge in [0.25, 0.3) is 0 Å². The number of ether oxygens (including phenoxy) is 1. The third kappa shape index (κ3) is 4.36. The van der Waals surface area contributed by atoms with Crippen LogP contribution in [0.4, 0.5) is 11.5 Å². The van der Waals surface area contributed by atoms with Crippen molar-refractivity contribution < 1.29 is 4.74 Å². The van der Waals surface area contributed by atoms with E-state index in [1.54, 1.807) is 12.4 Å². The van der Waals surface area contributed by atoms with E-state index in [1.165, 1.54) is 0 Å². The zero-order valence-electron chi connectivity index (χ0n) is 16.8. The summed E-state index contributed by atoms with van der Waals surface area (Å²) in [6.45, 7) is 0. The number of fused-ring (bicyclic) bond motifs is 1. The van der Waals surface area contributed by atoms with Gasteiger partial charge >= 0.3 is 0 Å². The highest BCUT2D eigenvalue weighted by atomic mass is 16.5. The second kappa shape index (κ2) is 8.63. The molecule has 0 saturated carbocycles. The smallest absolute Gasteiger partial charge is 0.160 e. The minimum Gasteiger partial charge on any atom is -0.457 e. The molecule has 2 aromatic heterocycles. The summed E-state index contributed by atoms with van der Waals surface area (Å²) in [5, 5.41) is 14.5. The lowest BCUT2D eigenvalue weighted by atomic mass is 10.0. The Morgan fingerprint density at radius 3 is 2.10 bits per heavy atom. The largest absolute Gasteiger partial charge is 0.457 e. The number of hydrogen-bond donors (Lipinski definition) is 1. The fourth-order valence-corrected chi connectivity index (χ4v) is 3.44. The van der Waals surface area contributed by atoms with Crippen LogP contribution in [0.25, 0.3) is 10.8 Å². The van der Waals surface area contributed by atoms with Gasteiger partial charge in [-0.25, -0.2) is 0 Å². The molecule has 0 aliphatic rings. The molecular weight excluding hydrogens is 384 g/mol. The molecule has 0 atom stereocenters. The third-order valence-electron chi connectivity index (χ3n) is 4.98. The molecule has 0 amide bonds. The van der Waals surface area contributed by atoms with Gasteiger partial charge in [-0.3, -0.25) is 4.98 Å². The number of anilines is 2. The summed E-state index contributed by atoms with van der Waals surface area (Å²) >= 11 is 0. The summed E-state index contributed by atoms with van der Waals surface area (Å²) < 4.78 is 5.87. The highest BCUT2D eigenvalue weighted by Gasteiger charge is 2.10. The molecule has 0 aliphatic heterocycles. The quantitative estimate of drug-likeness (QED) is 0.368. The molecule has 0 spiro atoms. The van der Waals surface area contributed by atoms with E-state index in [9.17, 15) is 0 Å². The summed E-state index contributed by atoms with van der Waals surface area (Å²) in [4.78, 5) is 4.08. The molecule has 0 saturated heterocycles. The predicted octanol–water partition coefficient (Wildman–Crippen LogP) is 6.15. The first-order chi connectivity index (χ1) is 15.3. The first-order valence-electron chi connectivity index (χ1n) is 10.1. The number of pyridine rings is 1. The Morgan fingerprint density at radius 2 is 1.32 bits per heavy atom. The van der Waals surface area contributed by atoms with Gasteiger partial charge in [-0.05, 0) is 54.1 Å². The van der Waals surface area contributed by atoms with Crippen LogP contribution in [0, 0.1) is 0 Å². The van der Waals surface area contributed by atoms with E-state index in [2.05, 4.69) is 32.6 Å². The molecule has 0 unspecified atom stereocenters. The minimum atomic E-state index is 0.710. The topological polar surface area (TPSA) is 59.9 Å². The van der Waals surface area contributed by atoms with Crippen molar-refractivity contribution in [1.29, 1.82) is 0 Å². The average molecular weight is 404 g/mol. The molecule has 5 rings (SSSR count). The van der Waals surface area contributed by atoms with E-state index >= 15 is 0 Å². The lowest BCUT2D eigenvalue weighted by Crippen LogP contribution is -2.02. The number of rotatable bonds is 6. The van der Waals surface area contributed by atoms with Crippen LogP contribution in [-0.4, -0.2) is 15.2 Å². The molecule has 0 fully saturated rings. The van der Waals surface area contributed by atoms with Crippen LogP contribution >= 0.6 is 0 Å². The Balaban J connectivity index is 1.39. The normalized spacial score (nSPS) is 10.7. The molecule has 5 heteroatoms. The van der Waals surface area contributed by atoms with Gasteiger partial charge in [0, 0.05) is 35.3 Å². The number of benzene rings is 3. The van der Waals surface area contributed by atoms with Gasteiger partial charge < -0.3 is 10.1 Å². The van der Waals surface area contributed by atoms with Crippen molar-refractivity contribution >= 4 is 22.3 Å². The fourth-order valence-electron chi connectivity index (χ4n) is 3.44. The Hall–Kier alpha value is -4.25. The zero-order chi connectivity index (χ0) is 20.9. The Kier molecular flexibility index (Phi) is 5.22. The minimum absolute atomic E-state index is 0.710. The first-order valence-corrected chi connectivity index (χ1v) is 10.1. The first kappa shape index (κ1) is 18.8. The van der Waals surface area contributed by atoms with Gasteiger partial charge in [-0.1, -0.05) is 42.5 Å². The summed E-state index contributed by atoms with van der Waals surface area (Å²) in [6, 6.07) is 29.7. The molecule has 3 aromatic carbocycles. The van der Waals surface area contributed by atoms with Crippen LogP contribution in [0.1, 0.15) is 11.3 Å². The number of para-hydroxylation sites is 1. The number of nitrogens with one attached hydrogen (secondary N) is 1. The van der Waals surface area contributed by atoms with Gasteiger partial charge in [0.1, 0.15) is 11.5 Å². The average Bonchev–Trinajstić information content (AvgIpc) is 2.83. The van der Waals surface area contributed by atoms with Crippen molar-refractivity contribution in [3.8, 4) is 11.5 Å². The molecular formula is C26H20N4O. The summed E-state index contributed by atoms with van der Waals surface area (Å²) in [5.74, 6) is 2.32. The van der Waals surface area contributed by atoms with E-state index in [4.69, 9.17) is 4.74 Å². The summed E-state index contributed by atoms with van der Waals surface area (Å²) in [7, 11) is 0. The van der Waals surface area contributed by atoms with Crippen molar-refractivity contribution in [3.05, 3.63) is 115 Å². The summed E-state index contributed by atoms with van der Waals surface area (Å²) in [6.07, 6.45) is 4.31. The van der Waals surface area contributed by atoms with Gasteiger partial charge in [-0.2, -0.15) is 5.10 Å². The van der Waals surface area contributed by atoms with Crippen LogP contribution in [0.3, 0.4) is 0 Å². The van der Waals surface area contributed by atoms with Crippen molar-refractivity contribution in [2.45, 2.75) is 6.42 Å². The van der Waals surface area contributed by atoms with Crippen LogP contribution < -0.4 is 10.1 Å². The van der Waals surface area contributed by atoms with Crippen molar-refractivity contribution in [2.75, 3.05) is 5.32 Å². The molecule has 0 bridgehead atoms. The number of aromatic nitrogens is 3. The molecule has 5 aromatic rings.